The van der Waals surface area contributed by atoms with Crippen molar-refractivity contribution in [1.82, 2.24) is 19.7 Å². The molecule has 0 aliphatic heterocycles. The Balaban J connectivity index is 1.17. The molecular formula is C28H25N5O2S2. The van der Waals surface area contributed by atoms with E-state index in [1.165, 1.54) is 39.4 Å². The fourth-order valence-electron chi connectivity index (χ4n) is 3.88. The summed E-state index contributed by atoms with van der Waals surface area (Å²) in [4.78, 5) is 18.1. The van der Waals surface area contributed by atoms with Gasteiger partial charge in [-0.05, 0) is 28.5 Å². The number of hydrogen-bond donors (Lipinski definition) is 1. The van der Waals surface area contributed by atoms with Crippen molar-refractivity contribution in [3.8, 4) is 5.75 Å². The lowest BCUT2D eigenvalue weighted by molar-refractivity contribution is -0.113. The second-order valence-electron chi connectivity index (χ2n) is 8.18. The van der Waals surface area contributed by atoms with Crippen molar-refractivity contribution in [1.29, 1.82) is 0 Å². The van der Waals surface area contributed by atoms with Crippen molar-refractivity contribution in [2.45, 2.75) is 24.7 Å². The van der Waals surface area contributed by atoms with Crippen molar-refractivity contribution >= 4 is 44.9 Å². The van der Waals surface area contributed by atoms with Gasteiger partial charge in [0.05, 0.1) is 5.75 Å². The Morgan fingerprint density at radius 2 is 1.86 bits per heavy atom. The summed E-state index contributed by atoms with van der Waals surface area (Å²) in [5.41, 5.74) is 1.24. The van der Waals surface area contributed by atoms with Crippen molar-refractivity contribution in [3.63, 3.8) is 0 Å². The van der Waals surface area contributed by atoms with Crippen LogP contribution in [0.25, 0.3) is 10.8 Å². The maximum absolute atomic E-state index is 12.6. The van der Waals surface area contributed by atoms with Gasteiger partial charge in [-0.2, -0.15) is 0 Å². The molecule has 2 aromatic heterocycles. The Hall–Kier alpha value is -3.95. The summed E-state index contributed by atoms with van der Waals surface area (Å²) in [6.45, 7) is 4.62. The third-order valence-corrected chi connectivity index (χ3v) is 7.47. The monoisotopic (exact) mass is 527 g/mol. The number of anilines is 1. The van der Waals surface area contributed by atoms with Crippen LogP contribution in [0.15, 0.2) is 96.8 Å². The van der Waals surface area contributed by atoms with Crippen LogP contribution < -0.4 is 10.1 Å². The largest absolute Gasteiger partial charge is 0.486 e. The number of ether oxygens (including phenoxy) is 1. The quantitative estimate of drug-likeness (QED) is 0.168. The number of allylic oxidation sites excluding steroid dienone is 1. The van der Waals surface area contributed by atoms with Crippen LogP contribution in [0.1, 0.15) is 16.3 Å². The molecule has 0 saturated carbocycles. The van der Waals surface area contributed by atoms with Crippen LogP contribution in [0.5, 0.6) is 5.75 Å². The van der Waals surface area contributed by atoms with Gasteiger partial charge in [0.1, 0.15) is 12.4 Å². The minimum atomic E-state index is -0.147. The van der Waals surface area contributed by atoms with Crippen LogP contribution in [0, 0.1) is 0 Å². The predicted molar refractivity (Wildman–Crippen MR) is 149 cm³/mol. The molecule has 0 bridgehead atoms. The zero-order valence-electron chi connectivity index (χ0n) is 20.0. The van der Waals surface area contributed by atoms with Gasteiger partial charge in [-0.1, -0.05) is 78.5 Å². The van der Waals surface area contributed by atoms with E-state index in [2.05, 4.69) is 63.5 Å². The molecule has 5 rings (SSSR count). The van der Waals surface area contributed by atoms with Crippen LogP contribution >= 0.6 is 23.1 Å². The number of rotatable bonds is 11. The molecule has 0 unspecified atom stereocenters. The fourth-order valence-corrected chi connectivity index (χ4v) is 5.49. The first-order valence-electron chi connectivity index (χ1n) is 11.7. The maximum atomic E-state index is 12.6. The second-order valence-corrected chi connectivity index (χ2v) is 10.2. The lowest BCUT2D eigenvalue weighted by Gasteiger charge is -2.09. The van der Waals surface area contributed by atoms with E-state index in [1.54, 1.807) is 6.08 Å². The van der Waals surface area contributed by atoms with E-state index >= 15 is 0 Å². The molecule has 0 aliphatic carbocycles. The minimum absolute atomic E-state index is 0.147. The van der Waals surface area contributed by atoms with E-state index in [1.807, 2.05) is 47.2 Å². The maximum Gasteiger partial charge on any atom is 0.236 e. The van der Waals surface area contributed by atoms with E-state index in [0.717, 1.165) is 17.0 Å². The van der Waals surface area contributed by atoms with Gasteiger partial charge in [0.25, 0.3) is 0 Å². The summed E-state index contributed by atoms with van der Waals surface area (Å²) in [6, 6.07) is 24.2. The molecule has 0 spiro atoms. The number of carbonyl (C=O) groups excluding carboxylic acids is 1. The molecule has 9 heteroatoms. The van der Waals surface area contributed by atoms with Gasteiger partial charge in [-0.15, -0.1) is 28.1 Å². The number of benzene rings is 3. The molecule has 37 heavy (non-hydrogen) atoms. The van der Waals surface area contributed by atoms with Crippen LogP contribution in [-0.2, 0) is 24.4 Å². The van der Waals surface area contributed by atoms with Gasteiger partial charge in [-0.25, -0.2) is 4.98 Å². The van der Waals surface area contributed by atoms with Gasteiger partial charge >= 0.3 is 0 Å². The predicted octanol–water partition coefficient (Wildman–Crippen LogP) is 5.97. The Labute approximate surface area is 223 Å². The molecule has 0 atom stereocenters. The topological polar surface area (TPSA) is 81.9 Å². The van der Waals surface area contributed by atoms with Gasteiger partial charge in [0, 0.05) is 24.0 Å². The average molecular weight is 528 g/mol. The number of hydrogen-bond acceptors (Lipinski definition) is 7. The number of aromatic nitrogens is 4. The number of nitrogens with one attached hydrogen (secondary N) is 1. The highest BCUT2D eigenvalue weighted by Crippen LogP contribution is 2.26. The summed E-state index contributed by atoms with van der Waals surface area (Å²) < 4.78 is 7.71. The van der Waals surface area contributed by atoms with Gasteiger partial charge in [0.15, 0.2) is 16.1 Å². The molecule has 3 aromatic carbocycles. The molecule has 1 amide bonds. The Bertz CT molecular complexity index is 1510. The van der Waals surface area contributed by atoms with Crippen molar-refractivity contribution in [2.24, 2.45) is 0 Å². The third kappa shape index (κ3) is 6.25. The summed E-state index contributed by atoms with van der Waals surface area (Å²) in [5.74, 6) is 1.47. The zero-order valence-corrected chi connectivity index (χ0v) is 21.7. The zero-order chi connectivity index (χ0) is 25.5. The van der Waals surface area contributed by atoms with Gasteiger partial charge in [0.2, 0.25) is 5.91 Å². The standard InChI is InChI=1S/C28H25N5O2S2/c1-2-15-33-25(18-35-22-12-4-3-5-13-22)31-32-28(33)36-19-26(34)30-27-29-17-23(37-27)16-21-11-8-10-20-9-6-7-14-24(20)21/h2-14,17H,1,15-16,18-19H2,(H,29,30,34). The number of thioether (sulfide) groups is 1. The Kier molecular flexibility index (Phi) is 7.93. The van der Waals surface area contributed by atoms with E-state index in [-0.39, 0.29) is 18.3 Å². The average Bonchev–Trinajstić information content (AvgIpc) is 3.53. The highest BCUT2D eigenvalue weighted by molar-refractivity contribution is 7.99. The molecule has 0 fully saturated rings. The number of fused-ring (bicyclic) bond motifs is 1. The van der Waals surface area contributed by atoms with Gasteiger partial charge in [-0.3, -0.25) is 9.36 Å². The lowest BCUT2D eigenvalue weighted by Crippen LogP contribution is -2.14. The first-order chi connectivity index (χ1) is 18.2. The molecule has 0 radical (unpaired) electrons. The lowest BCUT2D eigenvalue weighted by atomic mass is 10.0. The van der Waals surface area contributed by atoms with E-state index in [4.69, 9.17) is 4.74 Å². The second kappa shape index (κ2) is 11.9. The van der Waals surface area contributed by atoms with Crippen LogP contribution in [0.4, 0.5) is 5.13 Å². The Morgan fingerprint density at radius 1 is 1.05 bits per heavy atom. The number of thiazole rings is 1. The third-order valence-electron chi connectivity index (χ3n) is 5.59. The van der Waals surface area contributed by atoms with Crippen molar-refractivity contribution < 1.29 is 9.53 Å². The minimum Gasteiger partial charge on any atom is -0.486 e. The molecular weight excluding hydrogens is 502 g/mol. The van der Waals surface area contributed by atoms with E-state index in [9.17, 15) is 4.79 Å². The summed E-state index contributed by atoms with van der Waals surface area (Å²) in [5, 5.41) is 15.1. The number of carbonyl (C=O) groups is 1. The molecule has 5 aromatic rings. The molecule has 2 heterocycles. The van der Waals surface area contributed by atoms with Crippen molar-refractivity contribution in [2.75, 3.05) is 11.1 Å². The van der Waals surface area contributed by atoms with Gasteiger partial charge < -0.3 is 10.1 Å². The van der Waals surface area contributed by atoms with Crippen LogP contribution in [-0.4, -0.2) is 31.4 Å². The number of nitrogens with zero attached hydrogens (tertiary/aromatic N) is 4. The Morgan fingerprint density at radius 3 is 2.73 bits per heavy atom. The molecule has 7 nitrogen and oxygen atoms in total. The van der Waals surface area contributed by atoms with Crippen LogP contribution in [0.3, 0.4) is 0 Å². The first kappa shape index (κ1) is 24.7. The molecule has 0 saturated heterocycles. The number of para-hydroxylation sites is 1. The first-order valence-corrected chi connectivity index (χ1v) is 13.5. The SMILES string of the molecule is C=CCn1c(COc2ccccc2)nnc1SCC(=O)Nc1ncc(Cc2cccc3ccccc23)s1. The smallest absolute Gasteiger partial charge is 0.236 e. The van der Waals surface area contributed by atoms with Crippen LogP contribution in [0.2, 0.25) is 0 Å². The van der Waals surface area contributed by atoms with E-state index < -0.39 is 0 Å². The molecule has 1 N–H and O–H groups in total. The normalized spacial score (nSPS) is 10.9. The highest BCUT2D eigenvalue weighted by Gasteiger charge is 2.15. The van der Waals surface area contributed by atoms with Crippen molar-refractivity contribution in [3.05, 3.63) is 108 Å². The summed E-state index contributed by atoms with van der Waals surface area (Å²) in [6.07, 6.45) is 4.36. The number of amides is 1. The molecule has 186 valence electrons. The molecule has 0 aliphatic rings. The summed E-state index contributed by atoms with van der Waals surface area (Å²) in [7, 11) is 0. The highest BCUT2D eigenvalue weighted by atomic mass is 32.2. The summed E-state index contributed by atoms with van der Waals surface area (Å²) >= 11 is 2.81. The fraction of sp³-hybridized carbons (Fsp3) is 0.143. The van der Waals surface area contributed by atoms with E-state index in [0.29, 0.717) is 22.7 Å².